The minimum atomic E-state index is -0.833. The number of pyridine rings is 1. The summed E-state index contributed by atoms with van der Waals surface area (Å²) < 4.78 is 5.04. The van der Waals surface area contributed by atoms with Gasteiger partial charge in [0.25, 0.3) is 0 Å². The maximum atomic E-state index is 12.5. The van der Waals surface area contributed by atoms with Crippen molar-refractivity contribution >= 4 is 11.9 Å². The molecule has 0 aromatic carbocycles. The summed E-state index contributed by atoms with van der Waals surface area (Å²) in [5, 5.41) is 9.71. The predicted molar refractivity (Wildman–Crippen MR) is 89.6 cm³/mol. The van der Waals surface area contributed by atoms with Crippen LogP contribution >= 0.6 is 0 Å². The first kappa shape index (κ1) is 18.4. The maximum absolute atomic E-state index is 12.5. The number of hydrogen-bond donors (Lipinski definition) is 1. The van der Waals surface area contributed by atoms with E-state index in [2.05, 4.69) is 4.98 Å². The lowest BCUT2D eigenvalue weighted by Crippen LogP contribution is -2.50. The number of ether oxygens (including phenoxy) is 1. The Hall–Kier alpha value is -1.95. The molecule has 132 valence electrons. The molecule has 2 rings (SSSR count). The zero-order valence-corrected chi connectivity index (χ0v) is 14.2. The highest BCUT2D eigenvalue weighted by Crippen LogP contribution is 2.35. The van der Waals surface area contributed by atoms with Gasteiger partial charge in [-0.25, -0.2) is 0 Å². The summed E-state index contributed by atoms with van der Waals surface area (Å²) in [4.78, 5) is 30.1. The number of aryl methyl sites for hydroxylation is 1. The van der Waals surface area contributed by atoms with E-state index in [0.717, 1.165) is 12.0 Å². The predicted octanol–water partition coefficient (Wildman–Crippen LogP) is 2.13. The molecule has 1 fully saturated rings. The first-order valence-electron chi connectivity index (χ1n) is 8.46. The molecule has 1 amide bonds. The van der Waals surface area contributed by atoms with Gasteiger partial charge >= 0.3 is 5.97 Å². The molecule has 24 heavy (non-hydrogen) atoms. The lowest BCUT2D eigenvalue weighted by Gasteiger charge is -2.40. The Balaban J connectivity index is 1.94. The molecule has 2 heterocycles. The van der Waals surface area contributed by atoms with Crippen LogP contribution in [0.2, 0.25) is 0 Å². The van der Waals surface area contributed by atoms with Gasteiger partial charge in [-0.15, -0.1) is 0 Å². The summed E-state index contributed by atoms with van der Waals surface area (Å²) in [5.74, 6) is -0.778. The summed E-state index contributed by atoms with van der Waals surface area (Å²) in [6.45, 7) is 1.49. The fraction of sp³-hybridized carbons (Fsp3) is 0.611. The number of aliphatic carboxylic acids is 1. The van der Waals surface area contributed by atoms with Crippen LogP contribution < -0.4 is 0 Å². The van der Waals surface area contributed by atoms with Crippen molar-refractivity contribution in [1.82, 2.24) is 9.88 Å². The smallest absolute Gasteiger partial charge is 0.311 e. The molecule has 1 aliphatic heterocycles. The highest BCUT2D eigenvalue weighted by molar-refractivity contribution is 5.80. The number of carbonyl (C=O) groups is 2. The van der Waals surface area contributed by atoms with Gasteiger partial charge in [-0.2, -0.15) is 0 Å². The normalized spacial score (nSPS) is 20.8. The highest BCUT2D eigenvalue weighted by atomic mass is 16.5. The van der Waals surface area contributed by atoms with E-state index in [0.29, 0.717) is 51.8 Å². The second kappa shape index (κ2) is 8.78. The van der Waals surface area contributed by atoms with E-state index in [1.165, 1.54) is 0 Å². The van der Waals surface area contributed by atoms with Crippen LogP contribution in [0.25, 0.3) is 0 Å². The Morgan fingerprint density at radius 1 is 1.46 bits per heavy atom. The van der Waals surface area contributed by atoms with E-state index in [-0.39, 0.29) is 5.91 Å². The van der Waals surface area contributed by atoms with Gasteiger partial charge in [0.2, 0.25) is 5.91 Å². The summed E-state index contributed by atoms with van der Waals surface area (Å²) in [7, 11) is 1.61. The third-order valence-electron chi connectivity index (χ3n) is 4.74. The van der Waals surface area contributed by atoms with Gasteiger partial charge in [-0.05, 0) is 43.7 Å². The van der Waals surface area contributed by atoms with Crippen LogP contribution in [0, 0.1) is 5.41 Å². The number of methoxy groups -OCH3 is 1. The van der Waals surface area contributed by atoms with Crippen LogP contribution in [-0.4, -0.2) is 53.7 Å². The van der Waals surface area contributed by atoms with Crippen molar-refractivity contribution in [1.29, 1.82) is 0 Å². The van der Waals surface area contributed by atoms with Crippen LogP contribution in [0.3, 0.4) is 0 Å². The first-order valence-corrected chi connectivity index (χ1v) is 8.46. The number of carboxylic acids is 1. The topological polar surface area (TPSA) is 79.7 Å². The van der Waals surface area contributed by atoms with Crippen molar-refractivity contribution in [3.05, 3.63) is 30.1 Å². The molecule has 6 nitrogen and oxygen atoms in total. The van der Waals surface area contributed by atoms with Gasteiger partial charge in [0.15, 0.2) is 0 Å². The monoisotopic (exact) mass is 334 g/mol. The lowest BCUT2D eigenvalue weighted by molar-refractivity contribution is -0.155. The highest BCUT2D eigenvalue weighted by Gasteiger charge is 2.42. The van der Waals surface area contributed by atoms with E-state index in [4.69, 9.17) is 4.74 Å². The van der Waals surface area contributed by atoms with E-state index in [9.17, 15) is 14.7 Å². The van der Waals surface area contributed by atoms with Crippen molar-refractivity contribution in [2.24, 2.45) is 5.41 Å². The van der Waals surface area contributed by atoms with Crippen LogP contribution in [0.15, 0.2) is 24.5 Å². The Kier molecular flexibility index (Phi) is 6.73. The Morgan fingerprint density at radius 3 is 2.96 bits per heavy atom. The van der Waals surface area contributed by atoms with Gasteiger partial charge in [-0.1, -0.05) is 6.07 Å². The largest absolute Gasteiger partial charge is 0.481 e. The molecule has 0 saturated carbocycles. The van der Waals surface area contributed by atoms with Crippen molar-refractivity contribution in [2.45, 2.75) is 38.5 Å². The van der Waals surface area contributed by atoms with E-state index in [1.54, 1.807) is 24.4 Å². The summed E-state index contributed by atoms with van der Waals surface area (Å²) in [6.07, 6.45) is 7.08. The van der Waals surface area contributed by atoms with Gasteiger partial charge in [0.05, 0.1) is 5.41 Å². The van der Waals surface area contributed by atoms with Crippen molar-refractivity contribution < 1.29 is 19.4 Å². The standard InChI is InChI=1S/C18H26N2O4/c1-24-12-4-9-18(17(22)23)8-3-11-20(14-18)16(21)7-6-15-5-2-10-19-13-15/h2,5,10,13H,3-4,6-9,11-12,14H2,1H3,(H,22,23)/t18-/m0/s1. The van der Waals surface area contributed by atoms with E-state index >= 15 is 0 Å². The molecule has 6 heteroatoms. The third-order valence-corrected chi connectivity index (χ3v) is 4.74. The SMILES string of the molecule is COCCC[C@@]1(C(=O)O)CCCN(C(=O)CCc2cccnc2)C1. The van der Waals surface area contributed by atoms with Gasteiger partial charge in [0.1, 0.15) is 0 Å². The Morgan fingerprint density at radius 2 is 2.29 bits per heavy atom. The molecule has 1 aliphatic rings. The van der Waals surface area contributed by atoms with Crippen molar-refractivity contribution in [3.63, 3.8) is 0 Å². The molecular formula is C18H26N2O4. The lowest BCUT2D eigenvalue weighted by atomic mass is 9.76. The molecule has 1 aromatic heterocycles. The number of piperidine rings is 1. The fourth-order valence-corrected chi connectivity index (χ4v) is 3.34. The number of rotatable bonds is 8. The number of carbonyl (C=O) groups excluding carboxylic acids is 1. The second-order valence-electron chi connectivity index (χ2n) is 6.46. The number of amides is 1. The Bertz CT molecular complexity index is 549. The average Bonchev–Trinajstić information content (AvgIpc) is 2.61. The number of aromatic nitrogens is 1. The summed E-state index contributed by atoms with van der Waals surface area (Å²) in [5.41, 5.74) is 0.188. The minimum absolute atomic E-state index is 0.0240. The first-order chi connectivity index (χ1) is 11.6. The summed E-state index contributed by atoms with van der Waals surface area (Å²) in [6, 6.07) is 3.80. The van der Waals surface area contributed by atoms with Gasteiger partial charge in [0, 0.05) is 45.6 Å². The maximum Gasteiger partial charge on any atom is 0.311 e. The average molecular weight is 334 g/mol. The molecule has 0 unspecified atom stereocenters. The van der Waals surface area contributed by atoms with E-state index in [1.807, 2.05) is 12.1 Å². The molecule has 0 spiro atoms. The van der Waals surface area contributed by atoms with Crippen LogP contribution in [0.4, 0.5) is 0 Å². The van der Waals surface area contributed by atoms with Crippen LogP contribution in [0.1, 0.15) is 37.7 Å². The molecule has 1 saturated heterocycles. The molecule has 1 atom stereocenters. The molecule has 1 N–H and O–H groups in total. The van der Waals surface area contributed by atoms with Crippen LogP contribution in [0.5, 0.6) is 0 Å². The van der Waals surface area contributed by atoms with Gasteiger partial charge in [-0.3, -0.25) is 14.6 Å². The van der Waals surface area contributed by atoms with Crippen LogP contribution in [-0.2, 0) is 20.7 Å². The molecule has 0 bridgehead atoms. The fourth-order valence-electron chi connectivity index (χ4n) is 3.34. The third kappa shape index (κ3) is 4.77. The van der Waals surface area contributed by atoms with E-state index < -0.39 is 11.4 Å². The second-order valence-corrected chi connectivity index (χ2v) is 6.46. The minimum Gasteiger partial charge on any atom is -0.481 e. The Labute approximate surface area is 142 Å². The molecule has 0 aliphatic carbocycles. The zero-order chi connectivity index (χ0) is 17.4. The number of nitrogens with zero attached hydrogens (tertiary/aromatic N) is 2. The van der Waals surface area contributed by atoms with Gasteiger partial charge < -0.3 is 14.7 Å². The number of carboxylic acid groups (broad SMARTS) is 1. The molecule has 0 radical (unpaired) electrons. The quantitative estimate of drug-likeness (QED) is 0.737. The number of hydrogen-bond acceptors (Lipinski definition) is 4. The zero-order valence-electron chi connectivity index (χ0n) is 14.2. The molecular weight excluding hydrogens is 308 g/mol. The number of likely N-dealkylation sites (tertiary alicyclic amines) is 1. The summed E-state index contributed by atoms with van der Waals surface area (Å²) >= 11 is 0. The molecule has 1 aromatic rings. The van der Waals surface area contributed by atoms with Crippen molar-refractivity contribution in [2.75, 3.05) is 26.8 Å². The van der Waals surface area contributed by atoms with Crippen molar-refractivity contribution in [3.8, 4) is 0 Å².